The van der Waals surface area contributed by atoms with Crippen molar-refractivity contribution in [2.75, 3.05) is 14.1 Å². The van der Waals surface area contributed by atoms with E-state index < -0.39 is 0 Å². The van der Waals surface area contributed by atoms with Gasteiger partial charge in [-0.15, -0.1) is 0 Å². The standard InChI is InChI=1S/C17H19FN4O/c1-20-8-7-15(19)13-9-16(11-3-5-12(18)6-4-11)22-17(23)14(13)10-21-2/h3-9,19-21H,10H2,1-2H3,(H,22,23)/b8-7-,19-15?. The van der Waals surface area contributed by atoms with Crippen LogP contribution in [0.4, 0.5) is 4.39 Å². The lowest BCUT2D eigenvalue weighted by molar-refractivity contribution is 0.628. The summed E-state index contributed by atoms with van der Waals surface area (Å²) in [5, 5.41) is 13.9. The molecule has 0 amide bonds. The summed E-state index contributed by atoms with van der Waals surface area (Å²) in [6.07, 6.45) is 3.21. The highest BCUT2D eigenvalue weighted by Gasteiger charge is 2.13. The third kappa shape index (κ3) is 3.92. The topological polar surface area (TPSA) is 80.8 Å². The number of aromatic nitrogens is 1. The zero-order valence-electron chi connectivity index (χ0n) is 13.0. The van der Waals surface area contributed by atoms with Crippen molar-refractivity contribution in [1.29, 1.82) is 5.41 Å². The number of benzene rings is 1. The molecule has 1 aromatic heterocycles. The Balaban J connectivity index is 2.57. The maximum atomic E-state index is 13.1. The highest BCUT2D eigenvalue weighted by atomic mass is 19.1. The first-order valence-electron chi connectivity index (χ1n) is 7.16. The Morgan fingerprint density at radius 2 is 2.00 bits per heavy atom. The van der Waals surface area contributed by atoms with Crippen LogP contribution in [0.1, 0.15) is 11.1 Å². The molecule has 0 fully saturated rings. The van der Waals surface area contributed by atoms with E-state index in [1.807, 2.05) is 0 Å². The van der Waals surface area contributed by atoms with Crippen LogP contribution in [-0.4, -0.2) is 24.8 Å². The van der Waals surface area contributed by atoms with Crippen LogP contribution in [0.2, 0.25) is 0 Å². The van der Waals surface area contributed by atoms with Crippen molar-refractivity contribution in [3.05, 3.63) is 69.9 Å². The van der Waals surface area contributed by atoms with Crippen LogP contribution in [-0.2, 0) is 6.54 Å². The fourth-order valence-corrected chi connectivity index (χ4v) is 2.22. The zero-order valence-corrected chi connectivity index (χ0v) is 13.0. The minimum atomic E-state index is -0.340. The molecule has 6 heteroatoms. The summed E-state index contributed by atoms with van der Waals surface area (Å²) >= 11 is 0. The number of allylic oxidation sites excluding steroid dienone is 1. The zero-order chi connectivity index (χ0) is 16.8. The van der Waals surface area contributed by atoms with Crippen molar-refractivity contribution in [3.63, 3.8) is 0 Å². The predicted molar refractivity (Wildman–Crippen MR) is 90.2 cm³/mol. The summed E-state index contributed by atoms with van der Waals surface area (Å²) in [6, 6.07) is 7.59. The van der Waals surface area contributed by atoms with E-state index in [0.29, 0.717) is 28.9 Å². The van der Waals surface area contributed by atoms with Crippen LogP contribution in [0.3, 0.4) is 0 Å². The van der Waals surface area contributed by atoms with Gasteiger partial charge in [0.15, 0.2) is 0 Å². The molecule has 0 bridgehead atoms. The van der Waals surface area contributed by atoms with Crippen molar-refractivity contribution in [2.24, 2.45) is 0 Å². The Morgan fingerprint density at radius 1 is 1.30 bits per heavy atom. The van der Waals surface area contributed by atoms with Crippen molar-refractivity contribution in [1.82, 2.24) is 15.6 Å². The molecule has 0 atom stereocenters. The van der Waals surface area contributed by atoms with Gasteiger partial charge in [-0.1, -0.05) is 0 Å². The van der Waals surface area contributed by atoms with Crippen molar-refractivity contribution in [3.8, 4) is 11.3 Å². The van der Waals surface area contributed by atoms with E-state index in [1.54, 1.807) is 44.6 Å². The molecule has 0 aliphatic rings. The van der Waals surface area contributed by atoms with Crippen molar-refractivity contribution in [2.45, 2.75) is 6.54 Å². The van der Waals surface area contributed by atoms with E-state index in [-0.39, 0.29) is 17.1 Å². The molecule has 2 rings (SSSR count). The van der Waals surface area contributed by atoms with Crippen LogP contribution in [0.5, 0.6) is 0 Å². The Hall–Kier alpha value is -2.73. The maximum Gasteiger partial charge on any atom is 0.253 e. The van der Waals surface area contributed by atoms with E-state index >= 15 is 0 Å². The first-order valence-corrected chi connectivity index (χ1v) is 7.16. The molecule has 0 aliphatic heterocycles. The molecule has 1 heterocycles. The molecule has 0 unspecified atom stereocenters. The smallest absolute Gasteiger partial charge is 0.253 e. The van der Waals surface area contributed by atoms with E-state index in [1.165, 1.54) is 12.1 Å². The summed E-state index contributed by atoms with van der Waals surface area (Å²) in [5.41, 5.74) is 2.22. The predicted octanol–water partition coefficient (Wildman–Crippen LogP) is 2.00. The van der Waals surface area contributed by atoms with Crippen LogP contribution < -0.4 is 16.2 Å². The van der Waals surface area contributed by atoms with Gasteiger partial charge < -0.3 is 21.0 Å². The van der Waals surface area contributed by atoms with Gasteiger partial charge in [-0.25, -0.2) is 4.39 Å². The van der Waals surface area contributed by atoms with Gasteiger partial charge in [-0.3, -0.25) is 4.79 Å². The molecule has 0 saturated carbocycles. The molecule has 5 nitrogen and oxygen atoms in total. The molecular formula is C17H19FN4O. The van der Waals surface area contributed by atoms with Gasteiger partial charge in [-0.2, -0.15) is 0 Å². The number of aromatic amines is 1. The fraction of sp³-hybridized carbons (Fsp3) is 0.176. The molecular weight excluding hydrogens is 295 g/mol. The molecule has 0 spiro atoms. The molecule has 0 radical (unpaired) electrons. The summed E-state index contributed by atoms with van der Waals surface area (Å²) in [4.78, 5) is 15.2. The largest absolute Gasteiger partial charge is 0.394 e. The third-order valence-electron chi connectivity index (χ3n) is 3.35. The second-order valence-corrected chi connectivity index (χ2v) is 4.98. The van der Waals surface area contributed by atoms with Crippen LogP contribution in [0, 0.1) is 11.2 Å². The summed E-state index contributed by atoms with van der Waals surface area (Å²) in [7, 11) is 3.48. The van der Waals surface area contributed by atoms with Gasteiger partial charge in [0, 0.05) is 30.4 Å². The van der Waals surface area contributed by atoms with Gasteiger partial charge in [0.2, 0.25) is 0 Å². The number of H-pyrrole nitrogens is 1. The van der Waals surface area contributed by atoms with Gasteiger partial charge in [0.25, 0.3) is 5.56 Å². The van der Waals surface area contributed by atoms with Crippen molar-refractivity contribution >= 4 is 5.71 Å². The number of hydrogen-bond acceptors (Lipinski definition) is 4. The molecule has 0 saturated heterocycles. The second-order valence-electron chi connectivity index (χ2n) is 4.98. The molecule has 120 valence electrons. The van der Waals surface area contributed by atoms with Crippen LogP contribution in [0.25, 0.3) is 11.3 Å². The number of hydrogen-bond donors (Lipinski definition) is 4. The Bertz CT molecular complexity index is 778. The number of nitrogens with one attached hydrogen (secondary N) is 4. The van der Waals surface area contributed by atoms with Gasteiger partial charge in [0.05, 0.1) is 5.71 Å². The van der Waals surface area contributed by atoms with Crippen LogP contribution >= 0.6 is 0 Å². The number of halogens is 1. The minimum absolute atomic E-state index is 0.221. The Morgan fingerprint density at radius 3 is 2.61 bits per heavy atom. The highest BCUT2D eigenvalue weighted by Crippen LogP contribution is 2.19. The van der Waals surface area contributed by atoms with E-state index in [9.17, 15) is 9.18 Å². The SMILES string of the molecule is CN/C=C\C(=N)c1cc(-c2ccc(F)cc2)[nH]c(=O)c1CNC. The molecule has 2 aromatic rings. The van der Waals surface area contributed by atoms with Gasteiger partial charge in [-0.05, 0) is 55.2 Å². The lowest BCUT2D eigenvalue weighted by Crippen LogP contribution is -2.23. The maximum absolute atomic E-state index is 13.1. The first kappa shape index (κ1) is 16.6. The lowest BCUT2D eigenvalue weighted by Gasteiger charge is -2.11. The van der Waals surface area contributed by atoms with Gasteiger partial charge in [0.1, 0.15) is 5.82 Å². The normalized spacial score (nSPS) is 10.9. The fourth-order valence-electron chi connectivity index (χ4n) is 2.22. The third-order valence-corrected chi connectivity index (χ3v) is 3.35. The summed E-state index contributed by atoms with van der Waals surface area (Å²) < 4.78 is 13.1. The average molecular weight is 314 g/mol. The molecule has 23 heavy (non-hydrogen) atoms. The quantitative estimate of drug-likeness (QED) is 0.616. The highest BCUT2D eigenvalue weighted by molar-refractivity contribution is 6.07. The van der Waals surface area contributed by atoms with Crippen molar-refractivity contribution < 1.29 is 4.39 Å². The number of pyridine rings is 1. The second kappa shape index (κ2) is 7.51. The Kier molecular flexibility index (Phi) is 5.43. The van der Waals surface area contributed by atoms with E-state index in [0.717, 1.165) is 0 Å². The lowest BCUT2D eigenvalue weighted by atomic mass is 10.0. The minimum Gasteiger partial charge on any atom is -0.394 e. The molecule has 0 aliphatic carbocycles. The Labute approximate surface area is 133 Å². The van der Waals surface area contributed by atoms with Crippen LogP contribution in [0.15, 0.2) is 47.4 Å². The first-order chi connectivity index (χ1) is 11.1. The van der Waals surface area contributed by atoms with Gasteiger partial charge >= 0.3 is 0 Å². The average Bonchev–Trinajstić information content (AvgIpc) is 2.55. The molecule has 4 N–H and O–H groups in total. The monoisotopic (exact) mass is 314 g/mol. The van der Waals surface area contributed by atoms with E-state index in [4.69, 9.17) is 5.41 Å². The summed E-state index contributed by atoms with van der Waals surface area (Å²) in [5.74, 6) is -0.340. The number of rotatable bonds is 6. The molecule has 1 aromatic carbocycles. The summed E-state index contributed by atoms with van der Waals surface area (Å²) in [6.45, 7) is 0.351. The van der Waals surface area contributed by atoms with E-state index in [2.05, 4.69) is 15.6 Å².